The Morgan fingerprint density at radius 2 is 1.64 bits per heavy atom. The maximum absolute atomic E-state index is 13.8. The molecule has 1 aliphatic carbocycles. The summed E-state index contributed by atoms with van der Waals surface area (Å²) in [5, 5.41) is 4.38. The van der Waals surface area contributed by atoms with E-state index in [0.717, 1.165) is 27.7 Å². The number of nitrogens with zero attached hydrogens (tertiary/aromatic N) is 1. The second kappa shape index (κ2) is 8.38. The fourth-order valence-electron chi connectivity index (χ4n) is 5.55. The van der Waals surface area contributed by atoms with Crippen LogP contribution in [0, 0.1) is 6.92 Å². The van der Waals surface area contributed by atoms with E-state index in [1.165, 1.54) is 18.2 Å². The molecule has 5 nitrogen and oxygen atoms in total. The lowest BCUT2D eigenvalue weighted by atomic mass is 9.79. The summed E-state index contributed by atoms with van der Waals surface area (Å²) in [6.07, 6.45) is 2.09. The molecular formula is C31H26N2O3. The van der Waals surface area contributed by atoms with Gasteiger partial charge in [0.25, 0.3) is 0 Å². The van der Waals surface area contributed by atoms with Crippen LogP contribution in [0.3, 0.4) is 0 Å². The Morgan fingerprint density at radius 3 is 2.39 bits per heavy atom. The van der Waals surface area contributed by atoms with Crippen molar-refractivity contribution in [2.75, 3.05) is 7.11 Å². The largest absolute Gasteiger partial charge is 0.466 e. The molecule has 2 aliphatic rings. The second-order valence-electron chi connectivity index (χ2n) is 9.47. The molecule has 1 N–H and O–H groups in total. The number of aryl methyl sites for hydroxylation is 1. The van der Waals surface area contributed by atoms with Crippen LogP contribution in [-0.4, -0.2) is 23.4 Å². The van der Waals surface area contributed by atoms with Crippen molar-refractivity contribution in [3.8, 4) is 0 Å². The smallest absolute Gasteiger partial charge is 0.336 e. The molecule has 0 spiro atoms. The van der Waals surface area contributed by atoms with Crippen molar-refractivity contribution in [2.24, 2.45) is 0 Å². The summed E-state index contributed by atoms with van der Waals surface area (Å²) in [4.78, 5) is 26.9. The van der Waals surface area contributed by atoms with Crippen molar-refractivity contribution in [1.29, 1.82) is 0 Å². The fourth-order valence-corrected chi connectivity index (χ4v) is 5.55. The molecule has 1 atom stereocenters. The molecule has 0 fully saturated rings. The summed E-state index contributed by atoms with van der Waals surface area (Å²) in [7, 11) is 1.38. The first-order chi connectivity index (χ1) is 17.5. The normalized spacial score (nSPS) is 16.8. The third-order valence-corrected chi connectivity index (χ3v) is 7.26. The van der Waals surface area contributed by atoms with Crippen molar-refractivity contribution in [3.63, 3.8) is 0 Å². The van der Waals surface area contributed by atoms with E-state index in [-0.39, 0.29) is 5.78 Å². The lowest BCUT2D eigenvalue weighted by molar-refractivity contribution is -0.136. The lowest BCUT2D eigenvalue weighted by Crippen LogP contribution is -2.29. The average Bonchev–Trinajstić information content (AvgIpc) is 3.39. The zero-order valence-electron chi connectivity index (χ0n) is 20.5. The molecule has 3 aromatic carbocycles. The number of dihydropyridines is 1. The van der Waals surface area contributed by atoms with Gasteiger partial charge in [-0.25, -0.2) is 4.79 Å². The fraction of sp³-hybridized carbons (Fsp3) is 0.161. The van der Waals surface area contributed by atoms with E-state index in [4.69, 9.17) is 4.74 Å². The quantitative estimate of drug-likeness (QED) is 0.383. The third kappa shape index (κ3) is 3.31. The van der Waals surface area contributed by atoms with Crippen LogP contribution in [0.4, 0.5) is 0 Å². The van der Waals surface area contributed by atoms with Gasteiger partial charge in [-0.3, -0.25) is 4.79 Å². The zero-order chi connectivity index (χ0) is 25.0. The molecule has 2 heterocycles. The monoisotopic (exact) mass is 474 g/mol. The first-order valence-electron chi connectivity index (χ1n) is 12.1. The Hall–Kier alpha value is -4.38. The molecule has 4 aromatic rings. The summed E-state index contributed by atoms with van der Waals surface area (Å²) >= 11 is 0. The van der Waals surface area contributed by atoms with Gasteiger partial charge in [0.2, 0.25) is 0 Å². The van der Waals surface area contributed by atoms with Gasteiger partial charge in [-0.15, -0.1) is 0 Å². The summed E-state index contributed by atoms with van der Waals surface area (Å²) in [6, 6.07) is 24.3. The molecule has 0 unspecified atom stereocenters. The minimum atomic E-state index is -0.544. The molecule has 0 amide bonds. The van der Waals surface area contributed by atoms with Crippen LogP contribution in [0.25, 0.3) is 16.6 Å². The molecule has 1 aliphatic heterocycles. The van der Waals surface area contributed by atoms with Crippen LogP contribution in [0.15, 0.2) is 95.8 Å². The lowest BCUT2D eigenvalue weighted by Gasteiger charge is -2.28. The molecule has 5 heteroatoms. The van der Waals surface area contributed by atoms with Crippen LogP contribution in [0.1, 0.15) is 45.5 Å². The SMILES string of the molecule is COC(=O)C1=C(C)NC2=C(C(=O)c3ccccc32)[C@H]1c1cn(Cc2ccc(C)cc2)c2ccccc12. The number of fused-ring (bicyclic) bond motifs is 3. The number of allylic oxidation sites excluding steroid dienone is 2. The van der Waals surface area contributed by atoms with Gasteiger partial charge in [0, 0.05) is 46.0 Å². The number of aromatic nitrogens is 1. The number of methoxy groups -OCH3 is 1. The molecular weight excluding hydrogens is 448 g/mol. The molecule has 0 bridgehead atoms. The number of rotatable bonds is 4. The van der Waals surface area contributed by atoms with Crippen LogP contribution in [-0.2, 0) is 16.1 Å². The van der Waals surface area contributed by atoms with Crippen molar-refractivity contribution >= 4 is 28.4 Å². The van der Waals surface area contributed by atoms with Crippen LogP contribution in [0.5, 0.6) is 0 Å². The van der Waals surface area contributed by atoms with E-state index in [9.17, 15) is 9.59 Å². The van der Waals surface area contributed by atoms with Gasteiger partial charge in [0.15, 0.2) is 5.78 Å². The summed E-state index contributed by atoms with van der Waals surface area (Å²) in [5.41, 5.74) is 8.45. The Morgan fingerprint density at radius 1 is 0.944 bits per heavy atom. The molecule has 1 aromatic heterocycles. The second-order valence-corrected chi connectivity index (χ2v) is 9.47. The van der Waals surface area contributed by atoms with Gasteiger partial charge in [-0.1, -0.05) is 72.3 Å². The number of benzene rings is 3. The highest BCUT2D eigenvalue weighted by molar-refractivity contribution is 6.23. The molecule has 0 saturated heterocycles. The van der Waals surface area contributed by atoms with E-state index in [0.29, 0.717) is 29.0 Å². The van der Waals surface area contributed by atoms with E-state index in [1.807, 2.05) is 43.3 Å². The molecule has 0 saturated carbocycles. The van der Waals surface area contributed by atoms with Gasteiger partial charge in [0.05, 0.1) is 24.3 Å². The van der Waals surface area contributed by atoms with Gasteiger partial charge in [0.1, 0.15) is 0 Å². The first kappa shape index (κ1) is 22.1. The standard InChI is InChI=1S/C31H26N2O3/c1-18-12-14-20(15-13-18)16-33-17-24(21-8-6-7-11-25(21)33)27-26(31(35)36-3)19(2)32-29-22-9-4-5-10-23(22)30(34)28(27)29/h4-15,17,27,32H,16H2,1-3H3/t27-/m0/s1. The number of esters is 1. The predicted octanol–water partition coefficient (Wildman–Crippen LogP) is 5.74. The van der Waals surface area contributed by atoms with E-state index in [2.05, 4.69) is 59.4 Å². The number of ketones is 1. The van der Waals surface area contributed by atoms with Gasteiger partial charge in [-0.2, -0.15) is 0 Å². The van der Waals surface area contributed by atoms with Crippen LogP contribution < -0.4 is 5.32 Å². The maximum Gasteiger partial charge on any atom is 0.336 e. The minimum absolute atomic E-state index is 0.0534. The highest BCUT2D eigenvalue weighted by Gasteiger charge is 2.43. The number of para-hydroxylation sites is 1. The topological polar surface area (TPSA) is 60.3 Å². The first-order valence-corrected chi connectivity index (χ1v) is 12.1. The third-order valence-electron chi connectivity index (χ3n) is 7.26. The Bertz CT molecular complexity index is 1620. The van der Waals surface area contributed by atoms with Crippen molar-refractivity contribution in [1.82, 2.24) is 9.88 Å². The highest BCUT2D eigenvalue weighted by atomic mass is 16.5. The summed E-state index contributed by atoms with van der Waals surface area (Å²) in [5.74, 6) is -1.03. The molecule has 6 rings (SSSR count). The highest BCUT2D eigenvalue weighted by Crippen LogP contribution is 2.48. The Labute approximate surface area is 209 Å². The minimum Gasteiger partial charge on any atom is -0.466 e. The average molecular weight is 475 g/mol. The predicted molar refractivity (Wildman–Crippen MR) is 141 cm³/mol. The van der Waals surface area contributed by atoms with E-state index >= 15 is 0 Å². The summed E-state index contributed by atoms with van der Waals surface area (Å²) < 4.78 is 7.42. The van der Waals surface area contributed by atoms with Crippen molar-refractivity contribution < 1.29 is 14.3 Å². The van der Waals surface area contributed by atoms with Gasteiger partial charge >= 0.3 is 5.97 Å². The number of carbonyl (C=O) groups is 2. The number of carbonyl (C=O) groups excluding carboxylic acids is 2. The summed E-state index contributed by atoms with van der Waals surface area (Å²) in [6.45, 7) is 4.64. The Kier molecular flexibility index (Phi) is 5.15. The number of ether oxygens (including phenoxy) is 1. The number of hydrogen-bond acceptors (Lipinski definition) is 4. The van der Waals surface area contributed by atoms with Crippen LogP contribution >= 0.6 is 0 Å². The number of Topliss-reactive ketones (excluding diaryl/α,β-unsaturated/α-hetero) is 1. The zero-order valence-corrected chi connectivity index (χ0v) is 20.5. The number of hydrogen-bond donors (Lipinski definition) is 1. The molecule has 36 heavy (non-hydrogen) atoms. The van der Waals surface area contributed by atoms with E-state index < -0.39 is 11.9 Å². The maximum atomic E-state index is 13.8. The molecule has 178 valence electrons. The Balaban J connectivity index is 1.57. The molecule has 0 radical (unpaired) electrons. The van der Waals surface area contributed by atoms with E-state index in [1.54, 1.807) is 0 Å². The van der Waals surface area contributed by atoms with Gasteiger partial charge < -0.3 is 14.6 Å². The van der Waals surface area contributed by atoms with Crippen LogP contribution in [0.2, 0.25) is 0 Å². The van der Waals surface area contributed by atoms with Crippen molar-refractivity contribution in [2.45, 2.75) is 26.3 Å². The number of nitrogens with one attached hydrogen (secondary N) is 1. The van der Waals surface area contributed by atoms with Gasteiger partial charge in [-0.05, 0) is 31.0 Å². The van der Waals surface area contributed by atoms with Crippen molar-refractivity contribution in [3.05, 3.63) is 124 Å².